The molecular weight excluding hydrogens is 292 g/mol. The highest BCUT2D eigenvalue weighted by molar-refractivity contribution is 7.82. The highest BCUT2D eigenvalue weighted by atomic mass is 32.3. The van der Waals surface area contributed by atoms with Gasteiger partial charge in [-0.2, -0.15) is 0 Å². The van der Waals surface area contributed by atoms with E-state index in [2.05, 4.69) is 15.3 Å². The quantitative estimate of drug-likeness (QED) is 0.617. The van der Waals surface area contributed by atoms with Gasteiger partial charge in [-0.1, -0.05) is 57.2 Å². The molecule has 5 nitrogen and oxygen atoms in total. The molecule has 0 aliphatic rings. The molecule has 0 aliphatic heterocycles. The molecule has 0 fully saturated rings. The molecule has 6 heteroatoms. The molecule has 21 heavy (non-hydrogen) atoms. The fourth-order valence-corrected chi connectivity index (χ4v) is 2.51. The van der Waals surface area contributed by atoms with Gasteiger partial charge >= 0.3 is 16.4 Å². The van der Waals surface area contributed by atoms with Gasteiger partial charge < -0.3 is 8.37 Å². The summed E-state index contributed by atoms with van der Waals surface area (Å²) in [6, 6.07) is 7.92. The SMILES string of the molecule is CCCCCCCCC(=O)OS(=O)(=O)Oc1ccccc1. The Morgan fingerprint density at radius 2 is 1.62 bits per heavy atom. The predicted molar refractivity (Wildman–Crippen MR) is 80.1 cm³/mol. The van der Waals surface area contributed by atoms with Crippen LogP contribution in [0.25, 0.3) is 0 Å². The molecule has 0 bridgehead atoms. The number of hydrogen-bond donors (Lipinski definition) is 0. The lowest BCUT2D eigenvalue weighted by Gasteiger charge is -2.06. The number of rotatable bonds is 10. The van der Waals surface area contributed by atoms with Gasteiger partial charge in [-0.25, -0.2) is 0 Å². The van der Waals surface area contributed by atoms with Crippen LogP contribution in [0.1, 0.15) is 51.9 Å². The molecule has 0 saturated carbocycles. The molecular formula is C15H22O5S. The van der Waals surface area contributed by atoms with Gasteiger partial charge in [0.05, 0.1) is 0 Å². The predicted octanol–water partition coefficient (Wildman–Crippen LogP) is 3.60. The Balaban J connectivity index is 2.26. The molecule has 0 N–H and O–H groups in total. The lowest BCUT2D eigenvalue weighted by atomic mass is 10.1. The maximum atomic E-state index is 11.5. The molecule has 0 aromatic heterocycles. The highest BCUT2D eigenvalue weighted by Gasteiger charge is 2.19. The van der Waals surface area contributed by atoms with E-state index in [1.165, 1.54) is 18.6 Å². The molecule has 0 saturated heterocycles. The third kappa shape index (κ3) is 8.34. The van der Waals surface area contributed by atoms with Gasteiger partial charge in [0.25, 0.3) is 0 Å². The normalized spacial score (nSPS) is 11.1. The van der Waals surface area contributed by atoms with Crippen LogP contribution < -0.4 is 4.18 Å². The zero-order valence-electron chi connectivity index (χ0n) is 12.3. The first-order chi connectivity index (χ1) is 10.0. The standard InChI is InChI=1S/C15H22O5S/c1-2-3-4-5-6-10-13-15(16)20-21(17,18)19-14-11-8-7-9-12-14/h7-9,11-12H,2-6,10,13H2,1H3. The third-order valence-corrected chi connectivity index (χ3v) is 3.66. The zero-order valence-corrected chi connectivity index (χ0v) is 13.1. The molecule has 1 aromatic carbocycles. The molecule has 0 atom stereocenters. The second-order valence-electron chi connectivity index (χ2n) is 4.78. The Labute approximate surface area is 126 Å². The van der Waals surface area contributed by atoms with Crippen LogP contribution >= 0.6 is 0 Å². The summed E-state index contributed by atoms with van der Waals surface area (Å²) >= 11 is 0. The summed E-state index contributed by atoms with van der Waals surface area (Å²) in [6.45, 7) is 2.13. The van der Waals surface area contributed by atoms with Gasteiger partial charge in [-0.15, -0.1) is 8.42 Å². The first-order valence-corrected chi connectivity index (χ1v) is 8.58. The first-order valence-electron chi connectivity index (χ1n) is 7.25. The van der Waals surface area contributed by atoms with E-state index in [-0.39, 0.29) is 12.2 Å². The van der Waals surface area contributed by atoms with Crippen molar-refractivity contribution >= 4 is 16.4 Å². The van der Waals surface area contributed by atoms with Crippen molar-refractivity contribution in [3.05, 3.63) is 30.3 Å². The van der Waals surface area contributed by atoms with Crippen molar-refractivity contribution in [2.75, 3.05) is 0 Å². The van der Waals surface area contributed by atoms with E-state index in [0.29, 0.717) is 6.42 Å². The maximum absolute atomic E-state index is 11.5. The number of para-hydroxylation sites is 1. The van der Waals surface area contributed by atoms with Gasteiger partial charge in [-0.05, 0) is 18.6 Å². The molecule has 118 valence electrons. The number of carbonyl (C=O) groups is 1. The van der Waals surface area contributed by atoms with Gasteiger partial charge in [0.15, 0.2) is 0 Å². The molecule has 0 amide bonds. The Bertz CT molecular complexity index is 510. The fourth-order valence-electron chi connectivity index (χ4n) is 1.82. The molecule has 0 heterocycles. The van der Waals surface area contributed by atoms with E-state index < -0.39 is 16.4 Å². The summed E-state index contributed by atoms with van der Waals surface area (Å²) in [5, 5.41) is 0. The first kappa shape index (κ1) is 17.5. The molecule has 1 aromatic rings. The molecule has 0 aliphatic carbocycles. The fraction of sp³-hybridized carbons (Fsp3) is 0.533. The average Bonchev–Trinajstić information content (AvgIpc) is 2.42. The van der Waals surface area contributed by atoms with E-state index in [1.54, 1.807) is 18.2 Å². The van der Waals surface area contributed by atoms with Gasteiger partial charge in [0.1, 0.15) is 5.75 Å². The Morgan fingerprint density at radius 1 is 1.00 bits per heavy atom. The lowest BCUT2D eigenvalue weighted by Crippen LogP contribution is -2.18. The minimum Gasteiger partial charge on any atom is -0.353 e. The van der Waals surface area contributed by atoms with E-state index in [9.17, 15) is 13.2 Å². The monoisotopic (exact) mass is 314 g/mol. The van der Waals surface area contributed by atoms with Crippen molar-refractivity contribution in [2.45, 2.75) is 51.9 Å². The van der Waals surface area contributed by atoms with Crippen LogP contribution in [0.2, 0.25) is 0 Å². The lowest BCUT2D eigenvalue weighted by molar-refractivity contribution is -0.134. The number of hydrogen-bond acceptors (Lipinski definition) is 5. The van der Waals surface area contributed by atoms with E-state index in [0.717, 1.165) is 25.7 Å². The second kappa shape index (κ2) is 9.39. The van der Waals surface area contributed by atoms with E-state index >= 15 is 0 Å². The van der Waals surface area contributed by atoms with Gasteiger partial charge in [0.2, 0.25) is 0 Å². The molecule has 1 rings (SSSR count). The van der Waals surface area contributed by atoms with Crippen LogP contribution in [0.4, 0.5) is 0 Å². The third-order valence-electron chi connectivity index (χ3n) is 2.87. The van der Waals surface area contributed by atoms with Crippen LogP contribution in [0.15, 0.2) is 30.3 Å². The minimum atomic E-state index is -4.33. The highest BCUT2D eigenvalue weighted by Crippen LogP contribution is 2.13. The van der Waals surface area contributed by atoms with Crippen molar-refractivity contribution in [3.8, 4) is 5.75 Å². The van der Waals surface area contributed by atoms with Crippen molar-refractivity contribution < 1.29 is 21.6 Å². The number of carbonyl (C=O) groups excluding carboxylic acids is 1. The van der Waals surface area contributed by atoms with Crippen molar-refractivity contribution in [2.24, 2.45) is 0 Å². The van der Waals surface area contributed by atoms with Crippen LogP contribution in [-0.4, -0.2) is 14.4 Å². The van der Waals surface area contributed by atoms with Crippen molar-refractivity contribution in [1.82, 2.24) is 0 Å². The summed E-state index contributed by atoms with van der Waals surface area (Å²) in [5.74, 6) is -0.661. The molecule has 0 unspecified atom stereocenters. The van der Waals surface area contributed by atoms with E-state index in [4.69, 9.17) is 0 Å². The van der Waals surface area contributed by atoms with Crippen molar-refractivity contribution in [1.29, 1.82) is 0 Å². The summed E-state index contributed by atoms with van der Waals surface area (Å²) < 4.78 is 32.1. The summed E-state index contributed by atoms with van der Waals surface area (Å²) in [5.41, 5.74) is 0. The molecule has 0 spiro atoms. The van der Waals surface area contributed by atoms with Crippen LogP contribution in [0, 0.1) is 0 Å². The minimum absolute atomic E-state index is 0.0868. The average molecular weight is 314 g/mol. The van der Waals surface area contributed by atoms with Gasteiger partial charge in [0, 0.05) is 6.42 Å². The summed E-state index contributed by atoms with van der Waals surface area (Å²) in [7, 11) is -4.33. The number of unbranched alkanes of at least 4 members (excludes halogenated alkanes) is 5. The summed E-state index contributed by atoms with van der Waals surface area (Å²) in [6.07, 6.45) is 6.15. The Morgan fingerprint density at radius 3 is 2.29 bits per heavy atom. The second-order valence-corrected chi connectivity index (χ2v) is 5.93. The molecule has 0 radical (unpaired) electrons. The number of benzene rings is 1. The van der Waals surface area contributed by atoms with Crippen LogP contribution in [0.5, 0.6) is 5.75 Å². The van der Waals surface area contributed by atoms with Crippen LogP contribution in [0.3, 0.4) is 0 Å². The smallest absolute Gasteiger partial charge is 0.353 e. The zero-order chi connectivity index (χ0) is 15.6. The Kier molecular flexibility index (Phi) is 7.82. The largest absolute Gasteiger partial charge is 0.503 e. The van der Waals surface area contributed by atoms with Crippen LogP contribution in [-0.2, 0) is 19.4 Å². The topological polar surface area (TPSA) is 69.7 Å². The van der Waals surface area contributed by atoms with Crippen molar-refractivity contribution in [3.63, 3.8) is 0 Å². The van der Waals surface area contributed by atoms with E-state index in [1.807, 2.05) is 0 Å². The summed E-state index contributed by atoms with van der Waals surface area (Å²) in [4.78, 5) is 11.5. The van der Waals surface area contributed by atoms with Gasteiger partial charge in [-0.3, -0.25) is 4.79 Å². The Hall–Kier alpha value is -1.56. The maximum Gasteiger partial charge on any atom is 0.503 e.